The van der Waals surface area contributed by atoms with Crippen molar-refractivity contribution in [1.82, 2.24) is 10.2 Å². The highest BCUT2D eigenvalue weighted by atomic mass is 32.2. The van der Waals surface area contributed by atoms with Gasteiger partial charge in [0, 0.05) is 38.6 Å². The summed E-state index contributed by atoms with van der Waals surface area (Å²) in [6.45, 7) is 7.27. The van der Waals surface area contributed by atoms with Crippen LogP contribution in [0.5, 0.6) is 0 Å². The smallest absolute Gasteiger partial charge is 0.156 e. The molecule has 1 atom stereocenters. The molecule has 0 radical (unpaired) electrons. The third kappa shape index (κ3) is 6.07. The summed E-state index contributed by atoms with van der Waals surface area (Å²) in [6.07, 6.45) is 1.06. The molecule has 18 heavy (non-hydrogen) atoms. The van der Waals surface area contributed by atoms with Gasteiger partial charge in [-0.2, -0.15) is 0 Å². The van der Waals surface area contributed by atoms with Gasteiger partial charge in [0.15, 0.2) is 5.17 Å². The van der Waals surface area contributed by atoms with Crippen molar-refractivity contribution in [3.63, 3.8) is 0 Å². The Kier molecular flexibility index (Phi) is 6.46. The monoisotopic (exact) mass is 273 g/mol. The van der Waals surface area contributed by atoms with E-state index < -0.39 is 0 Å². The van der Waals surface area contributed by atoms with Crippen LogP contribution in [0.25, 0.3) is 0 Å². The van der Waals surface area contributed by atoms with Gasteiger partial charge in [0.2, 0.25) is 0 Å². The minimum Gasteiger partial charge on any atom is -0.385 e. The van der Waals surface area contributed by atoms with E-state index in [0.29, 0.717) is 6.04 Å². The third-order valence-corrected chi connectivity index (χ3v) is 3.90. The number of nitrogens with one attached hydrogen (secondary N) is 1. The fraction of sp³-hybridized carbons (Fsp3) is 0.923. The molecule has 5 heteroatoms. The summed E-state index contributed by atoms with van der Waals surface area (Å²) in [5.74, 6) is 1.11. The predicted molar refractivity (Wildman–Crippen MR) is 80.5 cm³/mol. The quantitative estimate of drug-likeness (QED) is 0.765. The number of hydrogen-bond donors (Lipinski definition) is 1. The van der Waals surface area contributed by atoms with Gasteiger partial charge < -0.3 is 15.0 Å². The lowest BCUT2D eigenvalue weighted by Gasteiger charge is -2.26. The van der Waals surface area contributed by atoms with Crippen molar-refractivity contribution in [2.75, 3.05) is 46.7 Å². The van der Waals surface area contributed by atoms with Crippen LogP contribution in [0.15, 0.2) is 4.99 Å². The van der Waals surface area contributed by atoms with Crippen molar-refractivity contribution in [3.05, 3.63) is 0 Å². The summed E-state index contributed by atoms with van der Waals surface area (Å²) in [6, 6.07) is 0.519. The molecule has 0 aromatic rings. The number of hydrogen-bond acceptors (Lipinski definition) is 4. The maximum atomic E-state index is 5.10. The summed E-state index contributed by atoms with van der Waals surface area (Å²) in [7, 11) is 5.97. The van der Waals surface area contributed by atoms with Crippen molar-refractivity contribution < 1.29 is 4.74 Å². The molecule has 1 aliphatic heterocycles. The Bertz CT molecular complexity index is 279. The van der Waals surface area contributed by atoms with Crippen molar-refractivity contribution in [3.8, 4) is 0 Å². The lowest BCUT2D eigenvalue weighted by Crippen LogP contribution is -2.32. The first-order chi connectivity index (χ1) is 8.43. The molecule has 0 amide bonds. The molecule has 1 aliphatic rings. The number of ether oxygens (including phenoxy) is 1. The summed E-state index contributed by atoms with van der Waals surface area (Å²) in [5, 5.41) is 4.57. The average molecular weight is 273 g/mol. The first kappa shape index (κ1) is 15.8. The van der Waals surface area contributed by atoms with Crippen molar-refractivity contribution in [2.45, 2.75) is 26.3 Å². The van der Waals surface area contributed by atoms with Gasteiger partial charge in [-0.3, -0.25) is 4.99 Å². The lowest BCUT2D eigenvalue weighted by atomic mass is 9.93. The highest BCUT2D eigenvalue weighted by Crippen LogP contribution is 2.20. The molecule has 0 bridgehead atoms. The van der Waals surface area contributed by atoms with Gasteiger partial charge in [-0.15, -0.1) is 0 Å². The van der Waals surface area contributed by atoms with Crippen molar-refractivity contribution in [2.24, 2.45) is 10.4 Å². The number of amidine groups is 1. The molecule has 0 aromatic heterocycles. The number of nitrogens with zero attached hydrogens (tertiary/aromatic N) is 2. The zero-order valence-electron chi connectivity index (χ0n) is 12.3. The van der Waals surface area contributed by atoms with Crippen LogP contribution in [0, 0.1) is 5.41 Å². The molecular weight excluding hydrogens is 246 g/mol. The maximum Gasteiger partial charge on any atom is 0.156 e. The normalized spacial score (nSPS) is 22.8. The maximum absolute atomic E-state index is 5.10. The van der Waals surface area contributed by atoms with Crippen LogP contribution in [0.2, 0.25) is 0 Å². The fourth-order valence-electron chi connectivity index (χ4n) is 2.14. The largest absolute Gasteiger partial charge is 0.385 e. The molecule has 1 fully saturated rings. The fourth-order valence-corrected chi connectivity index (χ4v) is 3.15. The number of rotatable bonds is 7. The molecule has 106 valence electrons. The average Bonchev–Trinajstić information content (AvgIpc) is 2.70. The van der Waals surface area contributed by atoms with Crippen LogP contribution in [-0.4, -0.2) is 62.8 Å². The highest BCUT2D eigenvalue weighted by molar-refractivity contribution is 8.14. The van der Waals surface area contributed by atoms with Gasteiger partial charge in [-0.25, -0.2) is 0 Å². The Morgan fingerprint density at radius 3 is 2.83 bits per heavy atom. The first-order valence-corrected chi connectivity index (χ1v) is 7.49. The highest BCUT2D eigenvalue weighted by Gasteiger charge is 2.22. The third-order valence-electron chi connectivity index (χ3n) is 2.81. The zero-order chi connectivity index (χ0) is 13.6. The van der Waals surface area contributed by atoms with Crippen LogP contribution in [0.3, 0.4) is 0 Å². The standard InChI is InChI=1S/C13H27N3OS/c1-13(2,10-16(3)4)9-14-12-15-11(8-18-12)6-7-17-5/h11H,6-10H2,1-5H3,(H,14,15). The minimum atomic E-state index is 0.226. The van der Waals surface area contributed by atoms with E-state index in [9.17, 15) is 0 Å². The Balaban J connectivity index is 2.35. The SMILES string of the molecule is COCCC1CSC(=NCC(C)(C)CN(C)C)N1. The molecule has 1 rings (SSSR count). The van der Waals surface area contributed by atoms with E-state index in [-0.39, 0.29) is 5.41 Å². The van der Waals surface area contributed by atoms with E-state index in [1.165, 1.54) is 0 Å². The Labute approximate surface area is 116 Å². The molecule has 1 saturated heterocycles. The number of methoxy groups -OCH3 is 1. The molecule has 0 aliphatic carbocycles. The molecule has 0 spiro atoms. The van der Waals surface area contributed by atoms with E-state index in [1.807, 2.05) is 11.8 Å². The predicted octanol–water partition coefficient (Wildman–Crippen LogP) is 1.67. The molecule has 1 unspecified atom stereocenters. The molecule has 0 saturated carbocycles. The first-order valence-electron chi connectivity index (χ1n) is 6.50. The second-order valence-corrected chi connectivity index (χ2v) is 6.97. The number of thioether (sulfide) groups is 1. The van der Waals surface area contributed by atoms with Gasteiger partial charge in [0.25, 0.3) is 0 Å². The number of aliphatic imine (C=N–C) groups is 1. The second kappa shape index (κ2) is 7.36. The molecule has 4 nitrogen and oxygen atoms in total. The van der Waals surface area contributed by atoms with Crippen LogP contribution in [-0.2, 0) is 4.74 Å². The summed E-state index contributed by atoms with van der Waals surface area (Å²) >= 11 is 1.83. The topological polar surface area (TPSA) is 36.9 Å². The molecule has 1 heterocycles. The Morgan fingerprint density at radius 2 is 2.22 bits per heavy atom. The summed E-state index contributed by atoms with van der Waals surface area (Å²) in [4.78, 5) is 6.93. The van der Waals surface area contributed by atoms with Gasteiger partial charge in [-0.05, 0) is 25.9 Å². The van der Waals surface area contributed by atoms with E-state index >= 15 is 0 Å². The zero-order valence-corrected chi connectivity index (χ0v) is 13.1. The van der Waals surface area contributed by atoms with E-state index in [4.69, 9.17) is 9.73 Å². The van der Waals surface area contributed by atoms with Crippen molar-refractivity contribution in [1.29, 1.82) is 0 Å². The molecular formula is C13H27N3OS. The van der Waals surface area contributed by atoms with Crippen molar-refractivity contribution >= 4 is 16.9 Å². The van der Waals surface area contributed by atoms with E-state index in [2.05, 4.69) is 38.2 Å². The molecule has 0 aromatic carbocycles. The van der Waals surface area contributed by atoms with Crippen LogP contribution >= 0.6 is 11.8 Å². The summed E-state index contributed by atoms with van der Waals surface area (Å²) in [5.41, 5.74) is 0.226. The van der Waals surface area contributed by atoms with Gasteiger partial charge in [0.05, 0.1) is 0 Å². The van der Waals surface area contributed by atoms with Crippen LogP contribution in [0.1, 0.15) is 20.3 Å². The van der Waals surface area contributed by atoms with E-state index in [1.54, 1.807) is 7.11 Å². The van der Waals surface area contributed by atoms with Gasteiger partial charge >= 0.3 is 0 Å². The lowest BCUT2D eigenvalue weighted by molar-refractivity contribution is 0.188. The summed E-state index contributed by atoms with van der Waals surface area (Å²) < 4.78 is 5.10. The van der Waals surface area contributed by atoms with Crippen LogP contribution in [0.4, 0.5) is 0 Å². The second-order valence-electron chi connectivity index (χ2n) is 5.96. The minimum absolute atomic E-state index is 0.226. The Hall–Kier alpha value is -0.260. The van der Waals surface area contributed by atoms with Gasteiger partial charge in [-0.1, -0.05) is 25.6 Å². The Morgan fingerprint density at radius 1 is 1.50 bits per heavy atom. The molecule has 1 N–H and O–H groups in total. The van der Waals surface area contributed by atoms with Crippen LogP contribution < -0.4 is 5.32 Å². The van der Waals surface area contributed by atoms with Gasteiger partial charge in [0.1, 0.15) is 0 Å². The van der Waals surface area contributed by atoms with E-state index in [0.717, 1.165) is 37.0 Å².